The molecular formula is C22H14ClFN2O5. The lowest BCUT2D eigenvalue weighted by molar-refractivity contribution is -0.115. The van der Waals surface area contributed by atoms with Gasteiger partial charge in [-0.1, -0.05) is 35.9 Å². The number of hydrogen-bond acceptors (Lipinski definition) is 4. The van der Waals surface area contributed by atoms with Crippen LogP contribution in [0.1, 0.15) is 21.7 Å². The molecule has 3 amide bonds. The SMILES string of the molecule is O=C1NC(=O)C(=C(Cc2ccccc2F)c2ccc(-c3ccc(C(=O)O)c(Cl)c3)o2)N1. The maximum atomic E-state index is 14.2. The predicted molar refractivity (Wildman–Crippen MR) is 110 cm³/mol. The van der Waals surface area contributed by atoms with Crippen LogP contribution in [0.5, 0.6) is 0 Å². The second-order valence-corrected chi connectivity index (χ2v) is 7.10. The quantitative estimate of drug-likeness (QED) is 0.406. The molecule has 1 saturated heterocycles. The van der Waals surface area contributed by atoms with Gasteiger partial charge in [0.1, 0.15) is 23.0 Å². The zero-order chi connectivity index (χ0) is 22.1. The van der Waals surface area contributed by atoms with E-state index in [4.69, 9.17) is 21.1 Å². The molecule has 9 heteroatoms. The molecule has 1 aliphatic heterocycles. The molecule has 0 radical (unpaired) electrons. The van der Waals surface area contributed by atoms with E-state index in [0.29, 0.717) is 16.9 Å². The largest absolute Gasteiger partial charge is 0.478 e. The topological polar surface area (TPSA) is 109 Å². The summed E-state index contributed by atoms with van der Waals surface area (Å²) in [5, 5.41) is 13.7. The number of carboxylic acid groups (broad SMARTS) is 1. The first-order valence-corrected chi connectivity index (χ1v) is 9.43. The van der Waals surface area contributed by atoms with Gasteiger partial charge in [-0.3, -0.25) is 10.1 Å². The summed E-state index contributed by atoms with van der Waals surface area (Å²) >= 11 is 6.03. The van der Waals surface area contributed by atoms with Crippen molar-refractivity contribution >= 4 is 35.1 Å². The van der Waals surface area contributed by atoms with Gasteiger partial charge in [0.05, 0.1) is 10.6 Å². The molecule has 0 unspecified atom stereocenters. The average Bonchev–Trinajstić information content (AvgIpc) is 3.33. The molecule has 3 N–H and O–H groups in total. The number of furan rings is 1. The fourth-order valence-corrected chi connectivity index (χ4v) is 3.47. The van der Waals surface area contributed by atoms with Crippen molar-refractivity contribution in [3.8, 4) is 11.3 Å². The zero-order valence-electron chi connectivity index (χ0n) is 15.7. The van der Waals surface area contributed by atoms with Gasteiger partial charge in [-0.15, -0.1) is 0 Å². The Balaban J connectivity index is 1.76. The Morgan fingerprint density at radius 2 is 1.84 bits per heavy atom. The predicted octanol–water partition coefficient (Wildman–Crippen LogP) is 4.23. The summed E-state index contributed by atoms with van der Waals surface area (Å²) in [7, 11) is 0. The van der Waals surface area contributed by atoms with Crippen molar-refractivity contribution in [2.45, 2.75) is 6.42 Å². The van der Waals surface area contributed by atoms with Crippen LogP contribution >= 0.6 is 11.6 Å². The summed E-state index contributed by atoms with van der Waals surface area (Å²) in [6.45, 7) is 0. The Hall–Kier alpha value is -3.91. The van der Waals surface area contributed by atoms with E-state index in [0.717, 1.165) is 0 Å². The standard InChI is InChI=1S/C22H14ClFN2O5/c23-15-10-12(5-6-13(15)21(28)29)17-7-8-18(31-17)14(19-20(27)26-22(30)25-19)9-11-3-1-2-4-16(11)24/h1-8,10H,9H2,(H,28,29)(H2,25,26,27,30). The van der Waals surface area contributed by atoms with Crippen molar-refractivity contribution in [1.82, 2.24) is 10.6 Å². The van der Waals surface area contributed by atoms with Crippen LogP contribution in [0.3, 0.4) is 0 Å². The van der Waals surface area contributed by atoms with Gasteiger partial charge in [-0.25, -0.2) is 14.0 Å². The van der Waals surface area contributed by atoms with E-state index in [1.807, 2.05) is 0 Å². The van der Waals surface area contributed by atoms with Gasteiger partial charge in [-0.05, 0) is 35.9 Å². The molecule has 2 heterocycles. The number of imide groups is 1. The summed E-state index contributed by atoms with van der Waals surface area (Å²) in [5.41, 5.74) is 1.02. The molecular weight excluding hydrogens is 427 g/mol. The van der Waals surface area contributed by atoms with Crippen LogP contribution in [0, 0.1) is 5.82 Å². The molecule has 0 aliphatic carbocycles. The van der Waals surface area contributed by atoms with Crippen molar-refractivity contribution < 1.29 is 28.3 Å². The lowest BCUT2D eigenvalue weighted by Gasteiger charge is -2.09. The van der Waals surface area contributed by atoms with Crippen molar-refractivity contribution in [3.05, 3.63) is 88.0 Å². The van der Waals surface area contributed by atoms with Crippen molar-refractivity contribution in [3.63, 3.8) is 0 Å². The number of amides is 3. The number of aromatic carboxylic acids is 1. The molecule has 4 rings (SSSR count). The fourth-order valence-electron chi connectivity index (χ4n) is 3.21. The van der Waals surface area contributed by atoms with Gasteiger partial charge in [0.25, 0.3) is 5.91 Å². The van der Waals surface area contributed by atoms with Crippen LogP contribution in [-0.4, -0.2) is 23.0 Å². The highest BCUT2D eigenvalue weighted by Gasteiger charge is 2.29. The number of urea groups is 1. The molecule has 3 aromatic rings. The first-order chi connectivity index (χ1) is 14.8. The van der Waals surface area contributed by atoms with E-state index >= 15 is 0 Å². The van der Waals surface area contributed by atoms with Gasteiger partial charge in [0.2, 0.25) is 0 Å². The highest BCUT2D eigenvalue weighted by molar-refractivity contribution is 6.33. The Kier molecular flexibility index (Phi) is 5.31. The number of carbonyl (C=O) groups excluding carboxylic acids is 2. The lowest BCUT2D eigenvalue weighted by atomic mass is 10.0. The summed E-state index contributed by atoms with van der Waals surface area (Å²) < 4.78 is 20.1. The van der Waals surface area contributed by atoms with Gasteiger partial charge >= 0.3 is 12.0 Å². The smallest absolute Gasteiger partial charge is 0.337 e. The summed E-state index contributed by atoms with van der Waals surface area (Å²) in [6.07, 6.45) is -0.0125. The first kappa shape index (κ1) is 20.4. The van der Waals surface area contributed by atoms with Crippen LogP contribution in [0.4, 0.5) is 9.18 Å². The number of benzene rings is 2. The maximum absolute atomic E-state index is 14.2. The number of carbonyl (C=O) groups is 3. The maximum Gasteiger partial charge on any atom is 0.337 e. The molecule has 1 aliphatic rings. The van der Waals surface area contributed by atoms with Crippen molar-refractivity contribution in [2.75, 3.05) is 0 Å². The monoisotopic (exact) mass is 440 g/mol. The van der Waals surface area contributed by atoms with Gasteiger partial charge in [0.15, 0.2) is 0 Å². The van der Waals surface area contributed by atoms with E-state index in [9.17, 15) is 18.8 Å². The fraction of sp³-hybridized carbons (Fsp3) is 0.0455. The average molecular weight is 441 g/mol. The molecule has 0 bridgehead atoms. The molecule has 156 valence electrons. The number of allylic oxidation sites excluding steroid dienone is 1. The summed E-state index contributed by atoms with van der Waals surface area (Å²) in [4.78, 5) is 35.0. The van der Waals surface area contributed by atoms with Crippen LogP contribution in [0.25, 0.3) is 16.9 Å². The van der Waals surface area contributed by atoms with Gasteiger partial charge in [0, 0.05) is 17.6 Å². The second kappa shape index (κ2) is 8.08. The minimum atomic E-state index is -1.16. The molecule has 1 aromatic heterocycles. The molecule has 7 nitrogen and oxygen atoms in total. The van der Waals surface area contributed by atoms with E-state index in [2.05, 4.69) is 10.6 Å². The third-order valence-electron chi connectivity index (χ3n) is 4.71. The second-order valence-electron chi connectivity index (χ2n) is 6.69. The molecule has 31 heavy (non-hydrogen) atoms. The molecule has 0 saturated carbocycles. The van der Waals surface area contributed by atoms with E-state index in [1.165, 1.54) is 24.3 Å². The molecule has 2 aromatic carbocycles. The Morgan fingerprint density at radius 3 is 2.48 bits per heavy atom. The summed E-state index contributed by atoms with van der Waals surface area (Å²) in [6, 6.07) is 12.9. The Bertz CT molecular complexity index is 1260. The normalized spacial score (nSPS) is 14.9. The Labute approximate surface area is 180 Å². The molecule has 0 spiro atoms. The number of carboxylic acids is 1. The van der Waals surface area contributed by atoms with Crippen LogP contribution in [-0.2, 0) is 11.2 Å². The molecule has 1 fully saturated rings. The highest BCUT2D eigenvalue weighted by atomic mass is 35.5. The molecule has 0 atom stereocenters. The minimum Gasteiger partial charge on any atom is -0.478 e. The van der Waals surface area contributed by atoms with E-state index < -0.39 is 23.7 Å². The van der Waals surface area contributed by atoms with Crippen LogP contribution < -0.4 is 10.6 Å². The van der Waals surface area contributed by atoms with Crippen LogP contribution in [0.2, 0.25) is 5.02 Å². The first-order valence-electron chi connectivity index (χ1n) is 9.06. The van der Waals surface area contributed by atoms with Crippen molar-refractivity contribution in [2.24, 2.45) is 0 Å². The van der Waals surface area contributed by atoms with Gasteiger partial charge < -0.3 is 14.8 Å². The number of nitrogens with one attached hydrogen (secondary N) is 2. The van der Waals surface area contributed by atoms with Crippen molar-refractivity contribution in [1.29, 1.82) is 0 Å². The number of hydrogen-bond donors (Lipinski definition) is 3. The Morgan fingerprint density at radius 1 is 1.06 bits per heavy atom. The summed E-state index contributed by atoms with van der Waals surface area (Å²) in [5.74, 6) is -1.68. The van der Waals surface area contributed by atoms with Crippen LogP contribution in [0.15, 0.2) is 64.7 Å². The number of rotatable bonds is 5. The van der Waals surface area contributed by atoms with E-state index in [-0.39, 0.29) is 34.0 Å². The number of halogens is 2. The minimum absolute atomic E-state index is 0.0125. The lowest BCUT2D eigenvalue weighted by Crippen LogP contribution is -2.22. The highest BCUT2D eigenvalue weighted by Crippen LogP contribution is 2.32. The van der Waals surface area contributed by atoms with E-state index in [1.54, 1.807) is 30.3 Å². The third-order valence-corrected chi connectivity index (χ3v) is 5.02. The third kappa shape index (κ3) is 4.06. The zero-order valence-corrected chi connectivity index (χ0v) is 16.5. The van der Waals surface area contributed by atoms with Gasteiger partial charge in [-0.2, -0.15) is 0 Å².